The van der Waals surface area contributed by atoms with Crippen molar-refractivity contribution in [3.63, 3.8) is 0 Å². The topological polar surface area (TPSA) is 49.7 Å². The van der Waals surface area contributed by atoms with Crippen LogP contribution in [0.3, 0.4) is 0 Å². The quantitative estimate of drug-likeness (QED) is 0.460. The number of aliphatic hydroxyl groups is 2. The lowest BCUT2D eigenvalue weighted by Crippen LogP contribution is -2.68. The van der Waals surface area contributed by atoms with Gasteiger partial charge in [-0.05, 0) is 34.2 Å². The Kier molecular flexibility index (Phi) is 8.41. The summed E-state index contributed by atoms with van der Waals surface area (Å²) in [6.45, 7) is 12.7. The van der Waals surface area contributed by atoms with Crippen molar-refractivity contribution in [2.45, 2.75) is 57.8 Å². The summed E-state index contributed by atoms with van der Waals surface area (Å²) in [4.78, 5) is 0. The number of rotatable bonds is 10. The van der Waals surface area contributed by atoms with E-state index in [1.54, 1.807) is 0 Å². The molecule has 0 aliphatic heterocycles. The Morgan fingerprint density at radius 3 is 1.83 bits per heavy atom. The molecule has 0 amide bonds. The van der Waals surface area contributed by atoms with Gasteiger partial charge in [0.05, 0.1) is 18.8 Å². The second kappa shape index (κ2) is 10.3. The lowest BCUT2D eigenvalue weighted by Gasteiger charge is -2.46. The Bertz CT molecular complexity index is 700. The zero-order valence-electron chi connectivity index (χ0n) is 18.2. The monoisotopic (exact) mass is 412 g/mol. The minimum atomic E-state index is -2.67. The van der Waals surface area contributed by atoms with E-state index in [0.717, 1.165) is 0 Å². The van der Waals surface area contributed by atoms with Crippen molar-refractivity contribution in [1.82, 2.24) is 0 Å². The minimum Gasteiger partial charge on any atom is -0.404 e. The molecule has 0 fully saturated rings. The smallest absolute Gasteiger partial charge is 0.261 e. The number of benzene rings is 2. The van der Waals surface area contributed by atoms with Crippen LogP contribution in [0.2, 0.25) is 5.04 Å². The van der Waals surface area contributed by atoms with Crippen LogP contribution in [0.5, 0.6) is 0 Å². The Morgan fingerprint density at radius 1 is 0.966 bits per heavy atom. The summed E-state index contributed by atoms with van der Waals surface area (Å²) in [6.07, 6.45) is 2.27. The maximum Gasteiger partial charge on any atom is 0.261 e. The Balaban J connectivity index is 2.60. The van der Waals surface area contributed by atoms with Crippen molar-refractivity contribution < 1.29 is 14.6 Å². The maximum atomic E-state index is 9.93. The van der Waals surface area contributed by atoms with E-state index in [4.69, 9.17) is 4.43 Å². The van der Waals surface area contributed by atoms with Crippen molar-refractivity contribution >= 4 is 18.7 Å². The van der Waals surface area contributed by atoms with E-state index >= 15 is 0 Å². The van der Waals surface area contributed by atoms with Gasteiger partial charge in [0.15, 0.2) is 0 Å². The molecule has 0 unspecified atom stereocenters. The lowest BCUT2D eigenvalue weighted by atomic mass is 9.99. The second-order valence-corrected chi connectivity index (χ2v) is 13.1. The summed E-state index contributed by atoms with van der Waals surface area (Å²) < 4.78 is 7.20. The molecule has 0 spiro atoms. The van der Waals surface area contributed by atoms with E-state index in [2.05, 4.69) is 82.8 Å². The van der Waals surface area contributed by atoms with E-state index in [-0.39, 0.29) is 23.7 Å². The highest BCUT2D eigenvalue weighted by Gasteiger charge is 2.51. The highest BCUT2D eigenvalue weighted by atomic mass is 28.4. The van der Waals surface area contributed by atoms with E-state index in [1.807, 2.05) is 18.2 Å². The minimum absolute atomic E-state index is 0.0972. The van der Waals surface area contributed by atoms with E-state index in [1.165, 1.54) is 10.4 Å². The van der Waals surface area contributed by atoms with Gasteiger partial charge < -0.3 is 14.6 Å². The van der Waals surface area contributed by atoms with Gasteiger partial charge in [-0.2, -0.15) is 0 Å². The summed E-state index contributed by atoms with van der Waals surface area (Å²) >= 11 is 0. The van der Waals surface area contributed by atoms with Crippen LogP contribution in [0.25, 0.3) is 0 Å². The zero-order valence-corrected chi connectivity index (χ0v) is 19.2. The predicted octanol–water partition coefficient (Wildman–Crippen LogP) is 3.89. The molecule has 0 radical (unpaired) electrons. The molecule has 29 heavy (non-hydrogen) atoms. The van der Waals surface area contributed by atoms with E-state index in [9.17, 15) is 10.2 Å². The van der Waals surface area contributed by atoms with Crippen molar-refractivity contribution in [2.24, 2.45) is 5.92 Å². The first-order chi connectivity index (χ1) is 13.8. The fourth-order valence-corrected chi connectivity index (χ4v) is 8.75. The molecular formula is C25H36O3Si. The molecule has 0 bridgehead atoms. The van der Waals surface area contributed by atoms with Crippen molar-refractivity contribution in [2.75, 3.05) is 6.61 Å². The SMILES string of the molecule is C=C[C@H](C)[C@H](CC[C@H](O)CO)O[Si](c1ccccc1)(c1ccccc1)C(C)(C)C. The first kappa shape index (κ1) is 23.6. The molecule has 0 aliphatic rings. The Hall–Kier alpha value is -1.72. The molecule has 0 aliphatic carbocycles. The first-order valence-corrected chi connectivity index (χ1v) is 12.4. The van der Waals surface area contributed by atoms with Crippen LogP contribution in [0.4, 0.5) is 0 Å². The molecular weight excluding hydrogens is 376 g/mol. The highest BCUT2D eigenvalue weighted by Crippen LogP contribution is 2.39. The molecule has 0 heterocycles. The third-order valence-electron chi connectivity index (χ3n) is 5.70. The molecule has 2 rings (SSSR count). The molecule has 2 aromatic rings. The molecule has 3 nitrogen and oxygen atoms in total. The summed E-state index contributed by atoms with van der Waals surface area (Å²) in [5.74, 6) is 0.127. The van der Waals surface area contributed by atoms with Crippen LogP contribution >= 0.6 is 0 Å². The average molecular weight is 413 g/mol. The molecule has 2 aromatic carbocycles. The van der Waals surface area contributed by atoms with Crippen LogP contribution in [-0.2, 0) is 4.43 Å². The standard InChI is InChI=1S/C25H36O3Si/c1-6-20(2)24(18-17-21(27)19-26)28-29(25(3,4)5,22-13-9-7-10-14-22)23-15-11-8-12-16-23/h6-16,20-21,24,26-27H,1,17-19H2,2-5H3/t20-,21-,24-/m0/s1. The summed E-state index contributed by atoms with van der Waals surface area (Å²) in [7, 11) is -2.67. The summed E-state index contributed by atoms with van der Waals surface area (Å²) in [5.41, 5.74) is 0. The largest absolute Gasteiger partial charge is 0.404 e. The van der Waals surface area contributed by atoms with Gasteiger partial charge in [-0.3, -0.25) is 0 Å². The number of aliphatic hydroxyl groups excluding tert-OH is 2. The molecule has 4 heteroatoms. The molecule has 0 aromatic heterocycles. The summed E-state index contributed by atoms with van der Waals surface area (Å²) in [6, 6.07) is 21.1. The van der Waals surface area contributed by atoms with Gasteiger partial charge in [0, 0.05) is 0 Å². The van der Waals surface area contributed by atoms with Gasteiger partial charge in [-0.15, -0.1) is 6.58 Å². The Labute approximate surface area is 177 Å². The maximum absolute atomic E-state index is 9.93. The second-order valence-electron chi connectivity index (χ2n) is 8.83. The van der Waals surface area contributed by atoms with Gasteiger partial charge in [0.25, 0.3) is 8.32 Å². The van der Waals surface area contributed by atoms with Crippen LogP contribution in [0.1, 0.15) is 40.5 Å². The fourth-order valence-electron chi connectivity index (χ4n) is 3.95. The van der Waals surface area contributed by atoms with Crippen molar-refractivity contribution in [1.29, 1.82) is 0 Å². The van der Waals surface area contributed by atoms with Crippen LogP contribution in [0, 0.1) is 5.92 Å². The third kappa shape index (κ3) is 5.46. The van der Waals surface area contributed by atoms with Crippen LogP contribution < -0.4 is 10.4 Å². The van der Waals surface area contributed by atoms with E-state index < -0.39 is 14.4 Å². The van der Waals surface area contributed by atoms with Crippen LogP contribution in [0.15, 0.2) is 73.3 Å². The number of hydrogen-bond acceptors (Lipinski definition) is 3. The van der Waals surface area contributed by atoms with Crippen molar-refractivity contribution in [3.8, 4) is 0 Å². The van der Waals surface area contributed by atoms with Gasteiger partial charge in [-0.1, -0.05) is 94.4 Å². The third-order valence-corrected chi connectivity index (χ3v) is 10.8. The molecule has 158 valence electrons. The number of hydrogen-bond donors (Lipinski definition) is 2. The molecule has 2 N–H and O–H groups in total. The molecule has 0 saturated carbocycles. The van der Waals surface area contributed by atoms with Crippen LogP contribution in [-0.4, -0.2) is 37.3 Å². The van der Waals surface area contributed by atoms with Gasteiger partial charge >= 0.3 is 0 Å². The highest BCUT2D eigenvalue weighted by molar-refractivity contribution is 6.99. The van der Waals surface area contributed by atoms with Crippen molar-refractivity contribution in [3.05, 3.63) is 73.3 Å². The van der Waals surface area contributed by atoms with E-state index in [0.29, 0.717) is 12.8 Å². The zero-order chi connectivity index (χ0) is 21.5. The summed E-state index contributed by atoms with van der Waals surface area (Å²) in [5, 5.41) is 21.6. The normalized spacial score (nSPS) is 15.5. The van der Waals surface area contributed by atoms with Gasteiger partial charge in [0.2, 0.25) is 0 Å². The lowest BCUT2D eigenvalue weighted by molar-refractivity contribution is 0.0644. The Morgan fingerprint density at radius 2 is 1.45 bits per heavy atom. The van der Waals surface area contributed by atoms with Gasteiger partial charge in [-0.25, -0.2) is 0 Å². The first-order valence-electron chi connectivity index (χ1n) is 10.5. The fraction of sp³-hybridized carbons (Fsp3) is 0.440. The molecule has 0 saturated heterocycles. The molecule has 3 atom stereocenters. The predicted molar refractivity (Wildman–Crippen MR) is 124 cm³/mol. The average Bonchev–Trinajstić information content (AvgIpc) is 2.73. The van der Waals surface area contributed by atoms with Gasteiger partial charge in [0.1, 0.15) is 0 Å².